The SMILES string of the molecule is CC(C)CC(=O)CS(N)(=O)=O. The highest BCUT2D eigenvalue weighted by Gasteiger charge is 2.12. The fourth-order valence-electron chi connectivity index (χ4n) is 0.739. The molecule has 0 fully saturated rings. The van der Waals surface area contributed by atoms with Crippen molar-refractivity contribution in [2.24, 2.45) is 11.1 Å². The normalized spacial score (nSPS) is 12.0. The van der Waals surface area contributed by atoms with Gasteiger partial charge in [-0.3, -0.25) is 4.79 Å². The van der Waals surface area contributed by atoms with Crippen LogP contribution in [0.15, 0.2) is 0 Å². The smallest absolute Gasteiger partial charge is 0.216 e. The molecule has 0 saturated carbocycles. The molecule has 0 spiro atoms. The van der Waals surface area contributed by atoms with Crippen molar-refractivity contribution in [3.8, 4) is 0 Å². The maximum absolute atomic E-state index is 10.8. The van der Waals surface area contributed by atoms with Crippen LogP contribution in [0.2, 0.25) is 0 Å². The molecule has 0 heterocycles. The minimum Gasteiger partial charge on any atom is -0.299 e. The number of carbonyl (C=O) groups excluding carboxylic acids is 1. The lowest BCUT2D eigenvalue weighted by Gasteiger charge is -2.01. The lowest BCUT2D eigenvalue weighted by molar-refractivity contribution is -0.117. The highest BCUT2D eigenvalue weighted by molar-refractivity contribution is 7.89. The second-order valence-corrected chi connectivity index (χ2v) is 4.56. The Morgan fingerprint density at radius 1 is 1.45 bits per heavy atom. The quantitative estimate of drug-likeness (QED) is 0.654. The van der Waals surface area contributed by atoms with Crippen molar-refractivity contribution in [3.63, 3.8) is 0 Å². The third kappa shape index (κ3) is 7.48. The summed E-state index contributed by atoms with van der Waals surface area (Å²) in [4.78, 5) is 10.8. The van der Waals surface area contributed by atoms with E-state index in [9.17, 15) is 13.2 Å². The molecule has 0 atom stereocenters. The Bertz CT molecular complexity index is 230. The molecule has 0 aromatic rings. The van der Waals surface area contributed by atoms with E-state index in [2.05, 4.69) is 5.14 Å². The molecule has 0 aliphatic heterocycles. The van der Waals surface area contributed by atoms with E-state index >= 15 is 0 Å². The molecular weight excluding hydrogens is 166 g/mol. The zero-order chi connectivity index (χ0) is 9.07. The zero-order valence-electron chi connectivity index (χ0n) is 6.70. The molecule has 0 aliphatic carbocycles. The summed E-state index contributed by atoms with van der Waals surface area (Å²) >= 11 is 0. The molecule has 0 amide bonds. The van der Waals surface area contributed by atoms with Crippen molar-refractivity contribution in [1.82, 2.24) is 0 Å². The summed E-state index contributed by atoms with van der Waals surface area (Å²) in [5.41, 5.74) is 0. The number of primary sulfonamides is 1. The van der Waals surface area contributed by atoms with E-state index in [1.54, 1.807) is 0 Å². The lowest BCUT2D eigenvalue weighted by Crippen LogP contribution is -2.23. The van der Waals surface area contributed by atoms with E-state index in [1.165, 1.54) is 0 Å². The number of ketones is 1. The van der Waals surface area contributed by atoms with Crippen LogP contribution >= 0.6 is 0 Å². The van der Waals surface area contributed by atoms with Crippen LogP contribution in [0.4, 0.5) is 0 Å². The Labute approximate surface area is 66.8 Å². The molecule has 0 aromatic carbocycles. The number of hydrogen-bond acceptors (Lipinski definition) is 3. The van der Waals surface area contributed by atoms with Gasteiger partial charge in [0.1, 0.15) is 11.5 Å². The largest absolute Gasteiger partial charge is 0.299 e. The van der Waals surface area contributed by atoms with Crippen LogP contribution in [0, 0.1) is 5.92 Å². The van der Waals surface area contributed by atoms with Crippen LogP contribution in [0.25, 0.3) is 0 Å². The van der Waals surface area contributed by atoms with E-state index in [4.69, 9.17) is 0 Å². The highest BCUT2D eigenvalue weighted by Crippen LogP contribution is 2.00. The third-order valence-corrected chi connectivity index (χ3v) is 1.72. The number of hydrogen-bond donors (Lipinski definition) is 1. The first-order chi connectivity index (χ1) is 4.81. The minimum atomic E-state index is -3.62. The predicted molar refractivity (Wildman–Crippen MR) is 42.4 cm³/mol. The summed E-state index contributed by atoms with van der Waals surface area (Å²) in [7, 11) is -3.62. The Morgan fingerprint density at radius 2 is 1.91 bits per heavy atom. The molecule has 0 radical (unpaired) electrons. The average Bonchev–Trinajstić information content (AvgIpc) is 1.53. The second-order valence-electron chi connectivity index (χ2n) is 2.94. The number of Topliss-reactive ketones (excluding diaryl/α,β-unsaturated/α-hetero) is 1. The van der Waals surface area contributed by atoms with Gasteiger partial charge in [-0.25, -0.2) is 13.6 Å². The Kier molecular flexibility index (Phi) is 3.68. The van der Waals surface area contributed by atoms with E-state index in [0.29, 0.717) is 0 Å². The molecule has 0 rings (SSSR count). The fraction of sp³-hybridized carbons (Fsp3) is 0.833. The third-order valence-electron chi connectivity index (χ3n) is 0.998. The molecule has 0 saturated heterocycles. The monoisotopic (exact) mass is 179 g/mol. The van der Waals surface area contributed by atoms with Gasteiger partial charge in [0.05, 0.1) is 0 Å². The van der Waals surface area contributed by atoms with Crippen molar-refractivity contribution in [3.05, 3.63) is 0 Å². The summed E-state index contributed by atoms with van der Waals surface area (Å²) in [5, 5.41) is 4.66. The zero-order valence-corrected chi connectivity index (χ0v) is 7.52. The topological polar surface area (TPSA) is 77.2 Å². The van der Waals surface area contributed by atoms with Crippen LogP contribution in [-0.4, -0.2) is 20.0 Å². The van der Waals surface area contributed by atoms with Crippen molar-refractivity contribution in [2.75, 3.05) is 5.75 Å². The average molecular weight is 179 g/mol. The van der Waals surface area contributed by atoms with Crippen LogP contribution in [-0.2, 0) is 14.8 Å². The molecule has 0 bridgehead atoms. The van der Waals surface area contributed by atoms with Crippen molar-refractivity contribution >= 4 is 15.8 Å². The first kappa shape index (κ1) is 10.6. The Morgan fingerprint density at radius 3 is 2.18 bits per heavy atom. The second kappa shape index (κ2) is 3.82. The van der Waals surface area contributed by atoms with Crippen LogP contribution in [0.5, 0.6) is 0 Å². The molecule has 5 heteroatoms. The summed E-state index contributed by atoms with van der Waals surface area (Å²) in [5.74, 6) is -0.669. The Hall–Kier alpha value is -0.420. The van der Waals surface area contributed by atoms with Gasteiger partial charge in [0.15, 0.2) is 0 Å². The highest BCUT2D eigenvalue weighted by atomic mass is 32.2. The molecule has 4 nitrogen and oxygen atoms in total. The van der Waals surface area contributed by atoms with E-state index in [-0.39, 0.29) is 18.1 Å². The van der Waals surface area contributed by atoms with Gasteiger partial charge in [0, 0.05) is 6.42 Å². The number of rotatable bonds is 4. The van der Waals surface area contributed by atoms with E-state index < -0.39 is 15.8 Å². The summed E-state index contributed by atoms with van der Waals surface area (Å²) in [6.07, 6.45) is 0.274. The maximum Gasteiger partial charge on any atom is 0.216 e. The molecule has 0 unspecified atom stereocenters. The molecule has 0 aliphatic rings. The van der Waals surface area contributed by atoms with E-state index in [1.807, 2.05) is 13.8 Å². The molecular formula is C6H13NO3S. The summed E-state index contributed by atoms with van der Waals surface area (Å²) in [6, 6.07) is 0. The Balaban J connectivity index is 3.91. The molecule has 66 valence electrons. The van der Waals surface area contributed by atoms with Gasteiger partial charge in [-0.15, -0.1) is 0 Å². The standard InChI is InChI=1S/C6H13NO3S/c1-5(2)3-6(8)4-11(7,9)10/h5H,3-4H2,1-2H3,(H2,7,9,10). The minimum absolute atomic E-state index is 0.184. The summed E-state index contributed by atoms with van der Waals surface area (Å²) < 4.78 is 20.8. The molecule has 2 N–H and O–H groups in total. The molecule has 11 heavy (non-hydrogen) atoms. The number of carbonyl (C=O) groups is 1. The van der Waals surface area contributed by atoms with Gasteiger partial charge in [0.25, 0.3) is 0 Å². The number of nitrogens with two attached hydrogens (primary N) is 1. The van der Waals surface area contributed by atoms with Gasteiger partial charge in [0.2, 0.25) is 10.0 Å². The van der Waals surface area contributed by atoms with Gasteiger partial charge in [-0.2, -0.15) is 0 Å². The first-order valence-electron chi connectivity index (χ1n) is 3.33. The molecule has 0 aromatic heterocycles. The fourth-order valence-corrected chi connectivity index (χ4v) is 1.31. The van der Waals surface area contributed by atoms with Crippen LogP contribution < -0.4 is 5.14 Å². The van der Waals surface area contributed by atoms with Gasteiger partial charge in [-0.05, 0) is 5.92 Å². The van der Waals surface area contributed by atoms with Gasteiger partial charge >= 0.3 is 0 Å². The van der Waals surface area contributed by atoms with E-state index in [0.717, 1.165) is 0 Å². The van der Waals surface area contributed by atoms with Crippen molar-refractivity contribution in [2.45, 2.75) is 20.3 Å². The predicted octanol–water partition coefficient (Wildman–Crippen LogP) is -0.110. The summed E-state index contributed by atoms with van der Waals surface area (Å²) in [6.45, 7) is 3.70. The number of sulfonamides is 1. The first-order valence-corrected chi connectivity index (χ1v) is 5.05. The van der Waals surface area contributed by atoms with Crippen LogP contribution in [0.3, 0.4) is 0 Å². The van der Waals surface area contributed by atoms with Gasteiger partial charge in [-0.1, -0.05) is 13.8 Å². The van der Waals surface area contributed by atoms with Crippen LogP contribution in [0.1, 0.15) is 20.3 Å². The lowest BCUT2D eigenvalue weighted by atomic mass is 10.1. The van der Waals surface area contributed by atoms with Crippen molar-refractivity contribution < 1.29 is 13.2 Å². The maximum atomic E-state index is 10.8. The van der Waals surface area contributed by atoms with Crippen molar-refractivity contribution in [1.29, 1.82) is 0 Å². The van der Waals surface area contributed by atoms with Gasteiger partial charge < -0.3 is 0 Å².